The predicted molar refractivity (Wildman–Crippen MR) is 94.8 cm³/mol. The number of anilines is 1. The molecule has 0 fully saturated rings. The number of aromatic nitrogens is 1. The van der Waals surface area contributed by atoms with E-state index in [1.807, 2.05) is 44.3 Å². The van der Waals surface area contributed by atoms with Crippen molar-refractivity contribution in [3.05, 3.63) is 59.4 Å². The highest BCUT2D eigenvalue weighted by Gasteiger charge is 2.09. The molecule has 122 valence electrons. The molecule has 4 heteroatoms. The number of carbonyl (C=O) groups excluding carboxylic acids is 1. The average Bonchev–Trinajstić information content (AvgIpc) is 2.58. The predicted octanol–water partition coefficient (Wildman–Crippen LogP) is 3.56. The maximum absolute atomic E-state index is 12.3. The fraction of sp³-hybridized carbons (Fsp3) is 0.368. The van der Waals surface area contributed by atoms with Gasteiger partial charge in [-0.25, -0.2) is 0 Å². The number of carbonyl (C=O) groups is 1. The Morgan fingerprint density at radius 2 is 2.04 bits per heavy atom. The van der Waals surface area contributed by atoms with E-state index in [-0.39, 0.29) is 5.91 Å². The number of aryl methyl sites for hydroxylation is 1. The summed E-state index contributed by atoms with van der Waals surface area (Å²) in [5.41, 5.74) is 3.88. The zero-order chi connectivity index (χ0) is 16.7. The number of hydrogen-bond donors (Lipinski definition) is 1. The number of pyridine rings is 1. The first-order valence-corrected chi connectivity index (χ1v) is 8.10. The second kappa shape index (κ2) is 8.32. The molecule has 4 nitrogen and oxygen atoms in total. The Morgan fingerprint density at radius 1 is 1.26 bits per heavy atom. The summed E-state index contributed by atoms with van der Waals surface area (Å²) in [4.78, 5) is 18.7. The second-order valence-electron chi connectivity index (χ2n) is 5.82. The van der Waals surface area contributed by atoms with E-state index in [4.69, 9.17) is 0 Å². The first kappa shape index (κ1) is 17.0. The number of nitrogens with one attached hydrogen (secondary N) is 1. The molecular formula is C19H25N3O. The molecule has 0 aliphatic heterocycles. The largest absolute Gasteiger partial charge is 0.373 e. The zero-order valence-corrected chi connectivity index (χ0v) is 14.2. The fourth-order valence-corrected chi connectivity index (χ4v) is 2.37. The zero-order valence-electron chi connectivity index (χ0n) is 14.2. The lowest BCUT2D eigenvalue weighted by Crippen LogP contribution is -2.24. The summed E-state index contributed by atoms with van der Waals surface area (Å²) >= 11 is 0. The summed E-state index contributed by atoms with van der Waals surface area (Å²) in [6.45, 7) is 5.71. The molecule has 23 heavy (non-hydrogen) atoms. The van der Waals surface area contributed by atoms with Gasteiger partial charge >= 0.3 is 0 Å². The van der Waals surface area contributed by atoms with E-state index in [0.29, 0.717) is 12.1 Å². The van der Waals surface area contributed by atoms with Crippen molar-refractivity contribution >= 4 is 11.6 Å². The highest BCUT2D eigenvalue weighted by Crippen LogP contribution is 2.14. The van der Waals surface area contributed by atoms with E-state index < -0.39 is 0 Å². The number of unbranched alkanes of at least 4 members (excludes halogenated alkanes) is 1. The summed E-state index contributed by atoms with van der Waals surface area (Å²) in [6.07, 6.45) is 5.69. The minimum absolute atomic E-state index is 0.0912. The van der Waals surface area contributed by atoms with E-state index in [1.165, 1.54) is 5.56 Å². The topological polar surface area (TPSA) is 45.2 Å². The quantitative estimate of drug-likeness (QED) is 0.850. The molecule has 0 unspecified atom stereocenters. The number of benzene rings is 1. The van der Waals surface area contributed by atoms with Crippen molar-refractivity contribution in [3.63, 3.8) is 0 Å². The lowest BCUT2D eigenvalue weighted by Gasteiger charge is -2.19. The van der Waals surface area contributed by atoms with Crippen LogP contribution in [0.4, 0.5) is 5.69 Å². The van der Waals surface area contributed by atoms with Crippen LogP contribution in [0, 0.1) is 6.92 Å². The minimum Gasteiger partial charge on any atom is -0.373 e. The van der Waals surface area contributed by atoms with Crippen molar-refractivity contribution in [1.82, 2.24) is 10.3 Å². The molecule has 0 atom stereocenters. The SMILES string of the molecule is CCCCN(C)c1cncc(C(=O)NCc2ccccc2C)c1. The number of nitrogens with zero attached hydrogens (tertiary/aromatic N) is 2. The van der Waals surface area contributed by atoms with Crippen LogP contribution in [0.15, 0.2) is 42.7 Å². The lowest BCUT2D eigenvalue weighted by molar-refractivity contribution is 0.0950. The summed E-state index contributed by atoms with van der Waals surface area (Å²) in [5.74, 6) is -0.0912. The van der Waals surface area contributed by atoms with Crippen LogP contribution in [0.3, 0.4) is 0 Å². The Kier molecular flexibility index (Phi) is 6.15. The van der Waals surface area contributed by atoms with Gasteiger partial charge in [-0.15, -0.1) is 0 Å². The Morgan fingerprint density at radius 3 is 2.78 bits per heavy atom. The summed E-state index contributed by atoms with van der Waals surface area (Å²) in [7, 11) is 2.03. The smallest absolute Gasteiger partial charge is 0.253 e. The molecule has 0 bridgehead atoms. The molecule has 1 aromatic carbocycles. The Hall–Kier alpha value is -2.36. The van der Waals surface area contributed by atoms with Crippen LogP contribution in [-0.4, -0.2) is 24.5 Å². The molecule has 0 radical (unpaired) electrons. The van der Waals surface area contributed by atoms with Crippen LogP contribution >= 0.6 is 0 Å². The highest BCUT2D eigenvalue weighted by molar-refractivity contribution is 5.94. The third-order valence-electron chi connectivity index (χ3n) is 3.97. The molecule has 0 spiro atoms. The molecule has 0 aliphatic carbocycles. The van der Waals surface area contributed by atoms with Gasteiger partial charge in [0.2, 0.25) is 0 Å². The van der Waals surface area contributed by atoms with Crippen LogP contribution in [0.1, 0.15) is 41.3 Å². The van der Waals surface area contributed by atoms with Gasteiger partial charge in [-0.2, -0.15) is 0 Å². The number of amides is 1. The van der Waals surface area contributed by atoms with Crippen molar-refractivity contribution in [1.29, 1.82) is 0 Å². The molecule has 1 heterocycles. The van der Waals surface area contributed by atoms with Crippen molar-refractivity contribution in [2.45, 2.75) is 33.2 Å². The van der Waals surface area contributed by atoms with Crippen LogP contribution in [0.5, 0.6) is 0 Å². The summed E-state index contributed by atoms with van der Waals surface area (Å²) in [6, 6.07) is 9.96. The molecule has 0 saturated heterocycles. The van der Waals surface area contributed by atoms with Crippen molar-refractivity contribution in [3.8, 4) is 0 Å². The third kappa shape index (κ3) is 4.81. The van der Waals surface area contributed by atoms with Crippen LogP contribution < -0.4 is 10.2 Å². The first-order chi connectivity index (χ1) is 11.1. The Balaban J connectivity index is 2.01. The standard InChI is InChI=1S/C19H25N3O/c1-4-5-10-22(3)18-11-17(12-20-14-18)19(23)21-13-16-9-7-6-8-15(16)2/h6-9,11-12,14H,4-5,10,13H2,1-3H3,(H,21,23). The van der Waals surface area contributed by atoms with Gasteiger partial charge in [0.05, 0.1) is 17.4 Å². The van der Waals surface area contributed by atoms with Crippen molar-refractivity contribution in [2.24, 2.45) is 0 Å². The molecule has 1 amide bonds. The van der Waals surface area contributed by atoms with Gasteiger partial charge in [0, 0.05) is 26.3 Å². The first-order valence-electron chi connectivity index (χ1n) is 8.10. The maximum Gasteiger partial charge on any atom is 0.253 e. The van der Waals surface area contributed by atoms with Gasteiger partial charge in [-0.05, 0) is 30.5 Å². The van der Waals surface area contributed by atoms with Crippen LogP contribution in [0.25, 0.3) is 0 Å². The molecular weight excluding hydrogens is 286 g/mol. The van der Waals surface area contributed by atoms with Gasteiger partial charge in [-0.3, -0.25) is 9.78 Å². The number of rotatable bonds is 7. The highest BCUT2D eigenvalue weighted by atomic mass is 16.1. The normalized spacial score (nSPS) is 10.4. The molecule has 0 aliphatic rings. The number of hydrogen-bond acceptors (Lipinski definition) is 3. The van der Waals surface area contributed by atoms with Crippen LogP contribution in [-0.2, 0) is 6.54 Å². The van der Waals surface area contributed by atoms with E-state index in [2.05, 4.69) is 22.1 Å². The molecule has 1 aromatic heterocycles. The Labute approximate surface area is 138 Å². The average molecular weight is 311 g/mol. The van der Waals surface area contributed by atoms with Gasteiger partial charge in [0.15, 0.2) is 0 Å². The maximum atomic E-state index is 12.3. The van der Waals surface area contributed by atoms with E-state index in [0.717, 1.165) is 30.6 Å². The van der Waals surface area contributed by atoms with E-state index in [9.17, 15) is 4.79 Å². The Bertz CT molecular complexity index is 655. The summed E-state index contributed by atoms with van der Waals surface area (Å²) in [5, 5.41) is 2.97. The van der Waals surface area contributed by atoms with Crippen molar-refractivity contribution < 1.29 is 4.79 Å². The molecule has 0 saturated carbocycles. The van der Waals surface area contributed by atoms with Gasteiger partial charge in [0.25, 0.3) is 5.91 Å². The van der Waals surface area contributed by atoms with E-state index >= 15 is 0 Å². The third-order valence-corrected chi connectivity index (χ3v) is 3.97. The molecule has 2 aromatic rings. The monoisotopic (exact) mass is 311 g/mol. The second-order valence-corrected chi connectivity index (χ2v) is 5.82. The van der Waals surface area contributed by atoms with E-state index in [1.54, 1.807) is 12.4 Å². The molecule has 1 N–H and O–H groups in total. The lowest BCUT2D eigenvalue weighted by atomic mass is 10.1. The van der Waals surface area contributed by atoms with Crippen LogP contribution in [0.2, 0.25) is 0 Å². The molecule has 2 rings (SSSR count). The fourth-order valence-electron chi connectivity index (χ4n) is 2.37. The van der Waals surface area contributed by atoms with Crippen molar-refractivity contribution in [2.75, 3.05) is 18.5 Å². The van der Waals surface area contributed by atoms with Gasteiger partial charge in [0.1, 0.15) is 0 Å². The van der Waals surface area contributed by atoms with Gasteiger partial charge in [-0.1, -0.05) is 37.6 Å². The summed E-state index contributed by atoms with van der Waals surface area (Å²) < 4.78 is 0. The van der Waals surface area contributed by atoms with Gasteiger partial charge < -0.3 is 10.2 Å². The minimum atomic E-state index is -0.0912.